The first-order valence-electron chi connectivity index (χ1n) is 4.06. The third kappa shape index (κ3) is 4.09. The van der Waals surface area contributed by atoms with E-state index in [9.17, 15) is 4.57 Å². The van der Waals surface area contributed by atoms with Gasteiger partial charge in [0.05, 0.1) is 11.1 Å². The standard InChI is InChI=1S/C6H13ClN3O2P/c7-5-3-1-2-4-6(5)10-12-13(8,9)11/h5H,1-4H2,(H4,8,9,11)/b10-6+. The lowest BCUT2D eigenvalue weighted by atomic mass is 9.98. The first-order valence-corrected chi connectivity index (χ1v) is 6.26. The molecule has 1 fully saturated rings. The summed E-state index contributed by atoms with van der Waals surface area (Å²) in [7, 11) is -3.50. The van der Waals surface area contributed by atoms with E-state index >= 15 is 0 Å². The zero-order valence-electron chi connectivity index (χ0n) is 7.15. The van der Waals surface area contributed by atoms with Crippen LogP contribution in [0.25, 0.3) is 0 Å². The van der Waals surface area contributed by atoms with Crippen LogP contribution in [-0.4, -0.2) is 11.1 Å². The lowest BCUT2D eigenvalue weighted by Gasteiger charge is -2.17. The van der Waals surface area contributed by atoms with Gasteiger partial charge in [0.1, 0.15) is 0 Å². The highest BCUT2D eigenvalue weighted by molar-refractivity contribution is 7.53. The van der Waals surface area contributed by atoms with Crippen LogP contribution in [0.1, 0.15) is 25.7 Å². The molecule has 0 aliphatic heterocycles. The highest BCUT2D eigenvalue weighted by Crippen LogP contribution is 2.28. The molecule has 0 spiro atoms. The zero-order chi connectivity index (χ0) is 9.90. The van der Waals surface area contributed by atoms with E-state index in [-0.39, 0.29) is 5.38 Å². The molecular formula is C6H13ClN3O2P. The molecule has 1 aliphatic rings. The molecule has 5 nitrogen and oxygen atoms in total. The van der Waals surface area contributed by atoms with Crippen LogP contribution in [0.3, 0.4) is 0 Å². The van der Waals surface area contributed by atoms with Crippen LogP contribution in [-0.2, 0) is 9.19 Å². The van der Waals surface area contributed by atoms with Crippen molar-refractivity contribution in [3.63, 3.8) is 0 Å². The number of nitrogens with two attached hydrogens (primary N) is 2. The van der Waals surface area contributed by atoms with E-state index < -0.39 is 7.67 Å². The average Bonchev–Trinajstić information content (AvgIpc) is 2.01. The molecule has 1 rings (SSSR count). The molecule has 13 heavy (non-hydrogen) atoms. The highest BCUT2D eigenvalue weighted by Gasteiger charge is 2.19. The van der Waals surface area contributed by atoms with Crippen LogP contribution < -0.4 is 11.0 Å². The largest absolute Gasteiger partial charge is 0.405 e. The van der Waals surface area contributed by atoms with Crippen LogP contribution in [0.4, 0.5) is 0 Å². The van der Waals surface area contributed by atoms with Gasteiger partial charge in [-0.1, -0.05) is 11.6 Å². The maximum absolute atomic E-state index is 10.7. The third-order valence-corrected chi connectivity index (χ3v) is 2.59. The van der Waals surface area contributed by atoms with Gasteiger partial charge in [0.25, 0.3) is 0 Å². The number of hydrogen-bond acceptors (Lipinski definition) is 3. The van der Waals surface area contributed by atoms with E-state index in [0.717, 1.165) is 25.7 Å². The molecule has 7 heteroatoms. The summed E-state index contributed by atoms with van der Waals surface area (Å²) in [5, 5.41) is 3.47. The molecule has 0 radical (unpaired) electrons. The van der Waals surface area contributed by atoms with Gasteiger partial charge in [-0.05, 0) is 19.3 Å². The second-order valence-electron chi connectivity index (χ2n) is 3.02. The molecule has 1 saturated carbocycles. The number of oxime groups is 1. The van der Waals surface area contributed by atoms with E-state index in [1.54, 1.807) is 0 Å². The number of alkyl halides is 1. The van der Waals surface area contributed by atoms with Gasteiger partial charge in [-0.2, -0.15) is 0 Å². The quantitative estimate of drug-likeness (QED) is 0.424. The van der Waals surface area contributed by atoms with E-state index in [1.807, 2.05) is 0 Å². The van der Waals surface area contributed by atoms with Crippen molar-refractivity contribution >= 4 is 25.0 Å². The van der Waals surface area contributed by atoms with Crippen molar-refractivity contribution in [2.24, 2.45) is 16.2 Å². The SMILES string of the molecule is NP(N)(=O)O/N=C1\CCCCC1Cl. The summed E-state index contributed by atoms with van der Waals surface area (Å²) >= 11 is 5.93. The molecule has 4 N–H and O–H groups in total. The molecule has 0 saturated heterocycles. The van der Waals surface area contributed by atoms with Crippen LogP contribution in [0.5, 0.6) is 0 Å². The Morgan fingerprint density at radius 2 is 2.23 bits per heavy atom. The number of halogens is 1. The second-order valence-corrected chi connectivity index (χ2v) is 5.00. The van der Waals surface area contributed by atoms with Gasteiger partial charge in [-0.15, -0.1) is 11.6 Å². The highest BCUT2D eigenvalue weighted by atomic mass is 35.5. The molecule has 1 atom stereocenters. The van der Waals surface area contributed by atoms with E-state index in [0.29, 0.717) is 5.71 Å². The number of hydrogen-bond donors (Lipinski definition) is 2. The van der Waals surface area contributed by atoms with Crippen LogP contribution >= 0.6 is 19.3 Å². The molecule has 1 unspecified atom stereocenters. The molecular weight excluding hydrogens is 213 g/mol. The lowest BCUT2D eigenvalue weighted by Crippen LogP contribution is -2.20. The van der Waals surface area contributed by atoms with Gasteiger partial charge < -0.3 is 4.62 Å². The summed E-state index contributed by atoms with van der Waals surface area (Å²) in [4.78, 5) is 0. The summed E-state index contributed by atoms with van der Waals surface area (Å²) in [6.07, 6.45) is 3.72. The normalized spacial score (nSPS) is 27.6. The Hall–Kier alpha value is -0.0900. The Morgan fingerprint density at radius 3 is 2.77 bits per heavy atom. The summed E-state index contributed by atoms with van der Waals surface area (Å²) < 4.78 is 15.2. The minimum absolute atomic E-state index is 0.139. The van der Waals surface area contributed by atoms with E-state index in [4.69, 9.17) is 22.6 Å². The minimum Gasteiger partial charge on any atom is -0.312 e. The maximum Gasteiger partial charge on any atom is 0.405 e. The maximum atomic E-state index is 10.7. The molecule has 1 aliphatic carbocycles. The lowest BCUT2D eigenvalue weighted by molar-refractivity contribution is 0.331. The summed E-state index contributed by atoms with van der Waals surface area (Å²) in [6.45, 7) is 0. The number of rotatable bonds is 2. The fraction of sp³-hybridized carbons (Fsp3) is 0.833. The van der Waals surface area contributed by atoms with Crippen molar-refractivity contribution in [3.8, 4) is 0 Å². The van der Waals surface area contributed by atoms with Crippen molar-refractivity contribution < 1.29 is 9.19 Å². The fourth-order valence-electron chi connectivity index (χ4n) is 1.17. The van der Waals surface area contributed by atoms with Crippen molar-refractivity contribution in [1.29, 1.82) is 0 Å². The van der Waals surface area contributed by atoms with Gasteiger partial charge in [0, 0.05) is 0 Å². The van der Waals surface area contributed by atoms with Crippen LogP contribution in [0, 0.1) is 0 Å². The van der Waals surface area contributed by atoms with E-state index in [1.165, 1.54) is 0 Å². The van der Waals surface area contributed by atoms with Crippen molar-refractivity contribution in [2.75, 3.05) is 0 Å². The molecule has 0 heterocycles. The summed E-state index contributed by atoms with van der Waals surface area (Å²) in [6, 6.07) is 0. The molecule has 0 aromatic rings. The van der Waals surface area contributed by atoms with Crippen LogP contribution in [0.2, 0.25) is 0 Å². The van der Waals surface area contributed by atoms with Crippen molar-refractivity contribution in [3.05, 3.63) is 0 Å². The van der Waals surface area contributed by atoms with Crippen molar-refractivity contribution in [1.82, 2.24) is 0 Å². The van der Waals surface area contributed by atoms with Crippen molar-refractivity contribution in [2.45, 2.75) is 31.1 Å². The van der Waals surface area contributed by atoms with Crippen LogP contribution in [0.15, 0.2) is 5.16 Å². The number of nitrogens with zero attached hydrogens (tertiary/aromatic N) is 1. The molecule has 0 amide bonds. The predicted molar refractivity (Wildman–Crippen MR) is 52.6 cm³/mol. The Morgan fingerprint density at radius 1 is 1.54 bits per heavy atom. The van der Waals surface area contributed by atoms with Gasteiger partial charge in [-0.25, -0.2) is 15.6 Å². The van der Waals surface area contributed by atoms with Gasteiger partial charge in [-0.3, -0.25) is 0 Å². The van der Waals surface area contributed by atoms with Gasteiger partial charge >= 0.3 is 7.67 Å². The first kappa shape index (κ1) is 11.0. The Balaban J connectivity index is 2.54. The third-order valence-electron chi connectivity index (χ3n) is 1.79. The smallest absolute Gasteiger partial charge is 0.312 e. The summed E-state index contributed by atoms with van der Waals surface area (Å²) in [5.74, 6) is 0. The first-order chi connectivity index (χ1) is 5.99. The Labute approximate surface area is 82.0 Å². The Kier molecular flexibility index (Phi) is 3.74. The monoisotopic (exact) mass is 225 g/mol. The molecule has 0 aromatic carbocycles. The van der Waals surface area contributed by atoms with E-state index in [2.05, 4.69) is 9.78 Å². The second kappa shape index (κ2) is 4.42. The summed E-state index contributed by atoms with van der Waals surface area (Å²) in [5.41, 5.74) is 10.6. The molecule has 76 valence electrons. The zero-order valence-corrected chi connectivity index (χ0v) is 8.80. The fourth-order valence-corrected chi connectivity index (χ4v) is 1.71. The topological polar surface area (TPSA) is 90.7 Å². The van der Waals surface area contributed by atoms with Gasteiger partial charge in [0.15, 0.2) is 0 Å². The predicted octanol–water partition coefficient (Wildman–Crippen LogP) is 1.57. The molecule has 0 aromatic heterocycles. The minimum atomic E-state index is -3.50. The average molecular weight is 226 g/mol. The van der Waals surface area contributed by atoms with Gasteiger partial charge in [0.2, 0.25) is 0 Å². The Bertz CT molecular complexity index is 252. The molecule has 0 bridgehead atoms.